The minimum Gasteiger partial charge on any atom is -0.381 e. The third kappa shape index (κ3) is 3.36. The van der Waals surface area contributed by atoms with Crippen molar-refractivity contribution in [3.63, 3.8) is 0 Å². The summed E-state index contributed by atoms with van der Waals surface area (Å²) in [6.45, 7) is 2.82. The summed E-state index contributed by atoms with van der Waals surface area (Å²) >= 11 is 0. The van der Waals surface area contributed by atoms with E-state index in [0.29, 0.717) is 13.1 Å². The third-order valence-electron chi connectivity index (χ3n) is 3.74. The zero-order valence-corrected chi connectivity index (χ0v) is 13.0. The van der Waals surface area contributed by atoms with Crippen LogP contribution in [0.3, 0.4) is 0 Å². The topological polar surface area (TPSA) is 77.3 Å². The van der Waals surface area contributed by atoms with Crippen molar-refractivity contribution >= 4 is 10.0 Å². The van der Waals surface area contributed by atoms with Crippen LogP contribution in [0.1, 0.15) is 31.5 Å². The van der Waals surface area contributed by atoms with Gasteiger partial charge >= 0.3 is 0 Å². The molecule has 2 atom stereocenters. The summed E-state index contributed by atoms with van der Waals surface area (Å²) < 4.78 is 33.2. The van der Waals surface area contributed by atoms with Crippen molar-refractivity contribution in [2.75, 3.05) is 26.0 Å². The highest BCUT2D eigenvalue weighted by Gasteiger charge is 2.32. The van der Waals surface area contributed by atoms with E-state index in [1.165, 1.54) is 7.11 Å². The lowest BCUT2D eigenvalue weighted by Crippen LogP contribution is -2.42. The minimum absolute atomic E-state index is 0.0229. The molecule has 0 radical (unpaired) electrons. The molecule has 2 rings (SSSR count). The van der Waals surface area contributed by atoms with Crippen molar-refractivity contribution in [1.82, 2.24) is 19.1 Å². The van der Waals surface area contributed by atoms with Gasteiger partial charge in [-0.15, -0.1) is 10.2 Å². The smallest absolute Gasteiger partial charge is 0.216 e. The van der Waals surface area contributed by atoms with E-state index < -0.39 is 10.0 Å². The predicted molar refractivity (Wildman–Crippen MR) is 74.8 cm³/mol. The van der Waals surface area contributed by atoms with Crippen molar-refractivity contribution in [2.45, 2.75) is 31.8 Å². The molecule has 20 heavy (non-hydrogen) atoms. The van der Waals surface area contributed by atoms with Crippen LogP contribution in [0, 0.1) is 0 Å². The van der Waals surface area contributed by atoms with Crippen molar-refractivity contribution < 1.29 is 13.2 Å². The Hall–Kier alpha value is -0.990. The number of hydrogen-bond donors (Lipinski definition) is 0. The van der Waals surface area contributed by atoms with E-state index in [1.54, 1.807) is 17.6 Å². The minimum atomic E-state index is -3.28. The highest BCUT2D eigenvalue weighted by atomic mass is 32.2. The van der Waals surface area contributed by atoms with Crippen LogP contribution in [0.4, 0.5) is 0 Å². The molecule has 1 aliphatic heterocycles. The molecule has 2 unspecified atom stereocenters. The van der Waals surface area contributed by atoms with E-state index in [0.717, 1.165) is 18.7 Å². The predicted octanol–water partition coefficient (Wildman–Crippen LogP) is 0.359. The van der Waals surface area contributed by atoms with E-state index >= 15 is 0 Å². The lowest BCUT2D eigenvalue weighted by atomic mass is 9.99. The van der Waals surface area contributed by atoms with Gasteiger partial charge < -0.3 is 9.30 Å². The molecule has 0 bridgehead atoms. The standard InChI is InChI=1S/C12H22N4O3S/c1-10(19-3)8-20(17,18)16-6-4-5-11(7-16)12-14-13-9-15(12)2/h9-11H,4-8H2,1-3H3. The monoisotopic (exact) mass is 302 g/mol. The van der Waals surface area contributed by atoms with E-state index in [2.05, 4.69) is 10.2 Å². The van der Waals surface area contributed by atoms with Gasteiger partial charge in [-0.1, -0.05) is 0 Å². The quantitative estimate of drug-likeness (QED) is 0.785. The molecule has 1 aromatic rings. The molecule has 1 fully saturated rings. The summed E-state index contributed by atoms with van der Waals surface area (Å²) in [4.78, 5) is 0. The number of methoxy groups -OCH3 is 1. The van der Waals surface area contributed by atoms with Crippen LogP contribution in [0.5, 0.6) is 0 Å². The number of aryl methyl sites for hydroxylation is 1. The molecule has 114 valence electrons. The van der Waals surface area contributed by atoms with Gasteiger partial charge in [0.15, 0.2) is 0 Å². The number of ether oxygens (including phenoxy) is 1. The molecule has 1 aromatic heterocycles. The zero-order chi connectivity index (χ0) is 14.8. The maximum Gasteiger partial charge on any atom is 0.216 e. The zero-order valence-electron chi connectivity index (χ0n) is 12.2. The van der Waals surface area contributed by atoms with Gasteiger partial charge in [0.05, 0.1) is 11.9 Å². The molecule has 1 saturated heterocycles. The first-order valence-corrected chi connectivity index (χ1v) is 8.39. The maximum atomic E-state index is 12.4. The Bertz CT molecular complexity index is 543. The molecule has 7 nitrogen and oxygen atoms in total. The van der Waals surface area contributed by atoms with Gasteiger partial charge in [-0.25, -0.2) is 12.7 Å². The van der Waals surface area contributed by atoms with E-state index in [9.17, 15) is 8.42 Å². The van der Waals surface area contributed by atoms with Crippen molar-refractivity contribution in [1.29, 1.82) is 0 Å². The molecule has 0 amide bonds. The Morgan fingerprint density at radius 2 is 2.30 bits per heavy atom. The molecule has 8 heteroatoms. The van der Waals surface area contributed by atoms with Crippen LogP contribution in [-0.2, 0) is 21.8 Å². The van der Waals surface area contributed by atoms with Gasteiger partial charge in [0, 0.05) is 33.2 Å². The number of hydrogen-bond acceptors (Lipinski definition) is 5. The third-order valence-corrected chi connectivity index (χ3v) is 5.75. The van der Waals surface area contributed by atoms with Crippen LogP contribution in [0.2, 0.25) is 0 Å². The summed E-state index contributed by atoms with van der Waals surface area (Å²) in [6, 6.07) is 0. The van der Waals surface area contributed by atoms with Crippen LogP contribution >= 0.6 is 0 Å². The molecule has 0 saturated carbocycles. The van der Waals surface area contributed by atoms with Gasteiger partial charge in [0.25, 0.3) is 0 Å². The van der Waals surface area contributed by atoms with Crippen LogP contribution < -0.4 is 0 Å². The Kier molecular flexibility index (Phi) is 4.77. The lowest BCUT2D eigenvalue weighted by molar-refractivity contribution is 0.134. The van der Waals surface area contributed by atoms with Crippen LogP contribution in [0.25, 0.3) is 0 Å². The van der Waals surface area contributed by atoms with Crippen molar-refractivity contribution in [3.8, 4) is 0 Å². The van der Waals surface area contributed by atoms with Gasteiger partial charge in [-0.2, -0.15) is 0 Å². The SMILES string of the molecule is COC(C)CS(=O)(=O)N1CCCC(c2nncn2C)C1. The summed E-state index contributed by atoms with van der Waals surface area (Å²) in [5.41, 5.74) is 0. The van der Waals surface area contributed by atoms with Crippen molar-refractivity contribution in [2.24, 2.45) is 7.05 Å². The van der Waals surface area contributed by atoms with Crippen LogP contribution in [-0.4, -0.2) is 59.5 Å². The Labute approximate surface area is 120 Å². The van der Waals surface area contributed by atoms with Gasteiger partial charge in [-0.3, -0.25) is 0 Å². The first-order valence-electron chi connectivity index (χ1n) is 6.78. The fourth-order valence-corrected chi connectivity index (χ4v) is 4.29. The molecule has 1 aliphatic rings. The van der Waals surface area contributed by atoms with E-state index in [4.69, 9.17) is 4.74 Å². The average Bonchev–Trinajstić information content (AvgIpc) is 2.84. The molecule has 0 aromatic carbocycles. The summed E-state index contributed by atoms with van der Waals surface area (Å²) in [7, 11) is 0.131. The Morgan fingerprint density at radius 1 is 1.55 bits per heavy atom. The fourth-order valence-electron chi connectivity index (χ4n) is 2.54. The lowest BCUT2D eigenvalue weighted by Gasteiger charge is -2.31. The Balaban J connectivity index is 2.09. The van der Waals surface area contributed by atoms with E-state index in [1.807, 2.05) is 11.6 Å². The van der Waals surface area contributed by atoms with Crippen molar-refractivity contribution in [3.05, 3.63) is 12.2 Å². The number of rotatable bonds is 5. The highest BCUT2D eigenvalue weighted by Crippen LogP contribution is 2.27. The summed E-state index contributed by atoms with van der Waals surface area (Å²) in [5.74, 6) is 0.989. The molecule has 0 N–H and O–H groups in total. The van der Waals surface area contributed by atoms with E-state index in [-0.39, 0.29) is 17.8 Å². The number of aromatic nitrogens is 3. The van der Waals surface area contributed by atoms with Gasteiger partial charge in [-0.05, 0) is 19.8 Å². The second-order valence-corrected chi connectivity index (χ2v) is 7.34. The number of piperidine rings is 1. The first-order chi connectivity index (χ1) is 9.44. The molecule has 0 spiro atoms. The van der Waals surface area contributed by atoms with Crippen LogP contribution in [0.15, 0.2) is 6.33 Å². The number of sulfonamides is 1. The average molecular weight is 302 g/mol. The largest absolute Gasteiger partial charge is 0.381 e. The highest BCUT2D eigenvalue weighted by molar-refractivity contribution is 7.89. The maximum absolute atomic E-state index is 12.4. The second-order valence-electron chi connectivity index (χ2n) is 5.32. The molecule has 0 aliphatic carbocycles. The fraction of sp³-hybridized carbons (Fsp3) is 0.833. The number of nitrogens with zero attached hydrogens (tertiary/aromatic N) is 4. The molecular weight excluding hydrogens is 280 g/mol. The Morgan fingerprint density at radius 3 is 2.90 bits per heavy atom. The summed E-state index contributed by atoms with van der Waals surface area (Å²) in [5, 5.41) is 7.97. The molecule has 2 heterocycles. The summed E-state index contributed by atoms with van der Waals surface area (Å²) in [6.07, 6.45) is 3.14. The normalized spacial score (nSPS) is 22.9. The van der Waals surface area contributed by atoms with Gasteiger partial charge in [0.1, 0.15) is 12.2 Å². The first kappa shape index (κ1) is 15.4. The molecular formula is C12H22N4O3S. The second kappa shape index (κ2) is 6.19. The van der Waals surface area contributed by atoms with Gasteiger partial charge in [0.2, 0.25) is 10.0 Å².